The first kappa shape index (κ1) is 20.2. The molecule has 6 nitrogen and oxygen atoms in total. The molecule has 0 amide bonds. The fraction of sp³-hybridized carbons (Fsp3) is 0.200. The molecule has 3 rings (SSSR count). The zero-order valence-electron chi connectivity index (χ0n) is 15.9. The number of nitrogen functional groups attached to an aromatic ring is 1. The second-order valence-electron chi connectivity index (χ2n) is 7.00. The molecule has 3 aromatic rings. The number of sulfone groups is 1. The van der Waals surface area contributed by atoms with Crippen LogP contribution in [0.4, 0.5) is 5.69 Å². The van der Waals surface area contributed by atoms with Gasteiger partial charge in [-0.25, -0.2) is 20.8 Å². The molecule has 148 valence electrons. The fourth-order valence-corrected chi connectivity index (χ4v) is 5.33. The Morgan fingerprint density at radius 3 is 2.32 bits per heavy atom. The van der Waals surface area contributed by atoms with Gasteiger partial charge in [0.2, 0.25) is 0 Å². The van der Waals surface area contributed by atoms with Gasteiger partial charge in [0.15, 0.2) is 9.84 Å². The molecular weight excluding hydrogens is 396 g/mol. The minimum atomic E-state index is -3.75. The van der Waals surface area contributed by atoms with Crippen molar-refractivity contribution in [1.29, 1.82) is 0 Å². The van der Waals surface area contributed by atoms with E-state index in [2.05, 4.69) is 0 Å². The Bertz CT molecular complexity index is 1260. The zero-order valence-corrected chi connectivity index (χ0v) is 17.5. The number of aryl methyl sites for hydroxylation is 2. The summed E-state index contributed by atoms with van der Waals surface area (Å²) < 4.78 is 50.3. The molecule has 0 fully saturated rings. The van der Waals surface area contributed by atoms with Crippen LogP contribution in [0.15, 0.2) is 59.8 Å². The van der Waals surface area contributed by atoms with E-state index in [1.165, 1.54) is 12.4 Å². The van der Waals surface area contributed by atoms with Crippen molar-refractivity contribution in [3.63, 3.8) is 0 Å². The smallest absolute Gasteiger partial charge is 0.267 e. The van der Waals surface area contributed by atoms with E-state index in [0.29, 0.717) is 27.9 Å². The van der Waals surface area contributed by atoms with Crippen LogP contribution in [0.3, 0.4) is 0 Å². The van der Waals surface area contributed by atoms with E-state index in [1.54, 1.807) is 43.3 Å². The Morgan fingerprint density at radius 2 is 1.68 bits per heavy atom. The van der Waals surface area contributed by atoms with Gasteiger partial charge in [0.25, 0.3) is 10.0 Å². The number of aromatic nitrogens is 1. The van der Waals surface area contributed by atoms with E-state index >= 15 is 0 Å². The molecule has 0 saturated carbocycles. The molecule has 8 heteroatoms. The molecule has 0 spiro atoms. The fourth-order valence-electron chi connectivity index (χ4n) is 3.13. The minimum Gasteiger partial charge on any atom is -0.398 e. The second-order valence-corrected chi connectivity index (χ2v) is 10.9. The van der Waals surface area contributed by atoms with Crippen LogP contribution in [-0.2, 0) is 25.6 Å². The van der Waals surface area contributed by atoms with Crippen LogP contribution < -0.4 is 5.73 Å². The van der Waals surface area contributed by atoms with Crippen molar-refractivity contribution in [1.82, 2.24) is 3.97 Å². The highest BCUT2D eigenvalue weighted by atomic mass is 32.2. The van der Waals surface area contributed by atoms with Crippen molar-refractivity contribution in [3.8, 4) is 11.1 Å². The molecule has 2 N–H and O–H groups in total. The van der Waals surface area contributed by atoms with Crippen LogP contribution in [0.1, 0.15) is 16.7 Å². The van der Waals surface area contributed by atoms with Crippen LogP contribution in [0.2, 0.25) is 0 Å². The molecular formula is C20H22N2O4S2. The average Bonchev–Trinajstić information content (AvgIpc) is 3.05. The highest BCUT2D eigenvalue weighted by Gasteiger charge is 2.20. The summed E-state index contributed by atoms with van der Waals surface area (Å²) >= 11 is 0. The number of nitrogens with two attached hydrogens (primary N) is 1. The molecule has 1 aromatic heterocycles. The van der Waals surface area contributed by atoms with Gasteiger partial charge in [0.05, 0.1) is 10.6 Å². The normalized spacial score (nSPS) is 12.2. The molecule has 0 atom stereocenters. The third kappa shape index (κ3) is 4.13. The highest BCUT2D eigenvalue weighted by molar-refractivity contribution is 7.90. The van der Waals surface area contributed by atoms with Crippen molar-refractivity contribution in [2.24, 2.45) is 0 Å². The summed E-state index contributed by atoms with van der Waals surface area (Å²) in [6, 6.07) is 11.8. The predicted octanol–water partition coefficient (Wildman–Crippen LogP) is 3.14. The van der Waals surface area contributed by atoms with Crippen LogP contribution in [0, 0.1) is 13.8 Å². The Kier molecular flexibility index (Phi) is 5.12. The number of benzene rings is 2. The van der Waals surface area contributed by atoms with Crippen LogP contribution in [0.25, 0.3) is 11.1 Å². The van der Waals surface area contributed by atoms with Gasteiger partial charge in [-0.2, -0.15) is 0 Å². The van der Waals surface area contributed by atoms with Crippen molar-refractivity contribution < 1.29 is 16.8 Å². The van der Waals surface area contributed by atoms with Crippen LogP contribution in [-0.4, -0.2) is 27.1 Å². The SMILES string of the molecule is Cc1ccc(S(=O)(=O)n2ccc(-c3cc(CS(C)(=O)=O)ccc3N)c2)c(C)c1. The molecule has 2 aromatic carbocycles. The van der Waals surface area contributed by atoms with Gasteiger partial charge in [-0.1, -0.05) is 23.8 Å². The molecule has 0 radical (unpaired) electrons. The number of nitrogens with zero attached hydrogens (tertiary/aromatic N) is 1. The van der Waals surface area contributed by atoms with Crippen molar-refractivity contribution >= 4 is 25.5 Å². The number of rotatable bonds is 5. The van der Waals surface area contributed by atoms with Crippen LogP contribution >= 0.6 is 0 Å². The summed E-state index contributed by atoms with van der Waals surface area (Å²) in [7, 11) is -6.94. The molecule has 0 saturated heterocycles. The lowest BCUT2D eigenvalue weighted by molar-refractivity contribution is 0.586. The molecule has 0 unspecified atom stereocenters. The van der Waals surface area contributed by atoms with Gasteiger partial charge in [-0.3, -0.25) is 0 Å². The number of hydrogen-bond acceptors (Lipinski definition) is 5. The first-order valence-corrected chi connectivity index (χ1v) is 12.0. The van der Waals surface area contributed by atoms with Crippen LogP contribution in [0.5, 0.6) is 0 Å². The summed E-state index contributed by atoms with van der Waals surface area (Å²) in [4.78, 5) is 0.235. The van der Waals surface area contributed by atoms with Gasteiger partial charge < -0.3 is 5.73 Å². The first-order valence-electron chi connectivity index (χ1n) is 8.55. The molecule has 0 aliphatic carbocycles. The Hall–Kier alpha value is -2.58. The molecule has 28 heavy (non-hydrogen) atoms. The lowest BCUT2D eigenvalue weighted by Crippen LogP contribution is -2.12. The lowest BCUT2D eigenvalue weighted by Gasteiger charge is -2.10. The number of hydrogen-bond donors (Lipinski definition) is 1. The van der Waals surface area contributed by atoms with Gasteiger partial charge in [-0.05, 0) is 49.2 Å². The van der Waals surface area contributed by atoms with Gasteiger partial charge in [0, 0.05) is 35.5 Å². The van der Waals surface area contributed by atoms with Gasteiger partial charge >= 0.3 is 0 Å². The number of anilines is 1. The maximum absolute atomic E-state index is 13.0. The highest BCUT2D eigenvalue weighted by Crippen LogP contribution is 2.29. The predicted molar refractivity (Wildman–Crippen MR) is 111 cm³/mol. The third-order valence-corrected chi connectivity index (χ3v) is 7.06. The molecule has 0 aliphatic heterocycles. The van der Waals surface area contributed by atoms with Gasteiger partial charge in [0.1, 0.15) is 0 Å². The Labute approximate surface area is 165 Å². The first-order chi connectivity index (χ1) is 13.0. The molecule has 0 bridgehead atoms. The summed E-state index contributed by atoms with van der Waals surface area (Å²) in [5.41, 5.74) is 9.93. The summed E-state index contributed by atoms with van der Waals surface area (Å²) in [5.74, 6) is -0.109. The third-order valence-electron chi connectivity index (χ3n) is 4.41. The summed E-state index contributed by atoms with van der Waals surface area (Å²) in [6.45, 7) is 3.67. The Morgan fingerprint density at radius 1 is 0.964 bits per heavy atom. The maximum atomic E-state index is 13.0. The van der Waals surface area contributed by atoms with E-state index in [0.717, 1.165) is 15.8 Å². The van der Waals surface area contributed by atoms with E-state index in [4.69, 9.17) is 5.73 Å². The molecule has 1 heterocycles. The van der Waals surface area contributed by atoms with E-state index in [9.17, 15) is 16.8 Å². The van der Waals surface area contributed by atoms with E-state index in [1.807, 2.05) is 13.0 Å². The van der Waals surface area contributed by atoms with E-state index < -0.39 is 19.9 Å². The standard InChI is InChI=1S/C20H22N2O4S2/c1-14-4-7-20(15(2)10-14)28(25,26)22-9-8-17(12-22)18-11-16(5-6-19(18)21)13-27(3,23)24/h4-12H,13,21H2,1-3H3. The quantitative estimate of drug-likeness (QED) is 0.642. The topological polar surface area (TPSA) is 99.2 Å². The van der Waals surface area contributed by atoms with Crippen molar-refractivity contribution in [2.75, 3.05) is 12.0 Å². The largest absolute Gasteiger partial charge is 0.398 e. The maximum Gasteiger partial charge on any atom is 0.267 e. The van der Waals surface area contributed by atoms with Crippen molar-refractivity contribution in [2.45, 2.75) is 24.5 Å². The van der Waals surface area contributed by atoms with Gasteiger partial charge in [-0.15, -0.1) is 0 Å². The summed E-state index contributed by atoms with van der Waals surface area (Å²) in [5, 5.41) is 0. The monoisotopic (exact) mass is 418 g/mol. The second kappa shape index (κ2) is 7.10. The average molecular weight is 419 g/mol. The summed E-state index contributed by atoms with van der Waals surface area (Å²) in [6.07, 6.45) is 4.12. The zero-order chi connectivity index (χ0) is 20.7. The van der Waals surface area contributed by atoms with Crippen molar-refractivity contribution in [3.05, 3.63) is 71.5 Å². The minimum absolute atomic E-state index is 0.109. The van der Waals surface area contributed by atoms with E-state index in [-0.39, 0.29) is 10.6 Å². The Balaban J connectivity index is 2.04. The molecule has 0 aliphatic rings. The lowest BCUT2D eigenvalue weighted by atomic mass is 10.0.